The SMILES string of the molecule is CCOC(=O)c1c(CCCOc2cccc3cc(F)ccc23)c2ccc(F)c3c2n1CCCCOCc1nn(C)c(C)c1-3. The largest absolute Gasteiger partial charge is 0.493 e. The number of carbonyl (C=O) groups excluding carboxylic acids is 1. The number of fused-ring (bicyclic) bond motifs is 3. The Kier molecular flexibility index (Phi) is 8.17. The molecule has 3 heterocycles. The predicted molar refractivity (Wildman–Crippen MR) is 161 cm³/mol. The van der Waals surface area contributed by atoms with Crippen LogP contribution in [0.2, 0.25) is 0 Å². The maximum Gasteiger partial charge on any atom is 0.355 e. The molecule has 0 N–H and O–H groups in total. The summed E-state index contributed by atoms with van der Waals surface area (Å²) in [6.45, 7) is 5.64. The first-order valence-electron chi connectivity index (χ1n) is 14.8. The van der Waals surface area contributed by atoms with Gasteiger partial charge in [-0.2, -0.15) is 5.10 Å². The predicted octanol–water partition coefficient (Wildman–Crippen LogP) is 7.28. The lowest BCUT2D eigenvalue weighted by atomic mass is 9.97. The molecule has 5 aromatic rings. The van der Waals surface area contributed by atoms with E-state index in [1.807, 2.05) is 36.7 Å². The highest BCUT2D eigenvalue weighted by Crippen LogP contribution is 2.40. The Balaban J connectivity index is 1.43. The summed E-state index contributed by atoms with van der Waals surface area (Å²) in [5.74, 6) is -0.423. The fourth-order valence-corrected chi connectivity index (χ4v) is 6.17. The Morgan fingerprint density at radius 2 is 1.91 bits per heavy atom. The number of ether oxygens (including phenoxy) is 3. The smallest absolute Gasteiger partial charge is 0.355 e. The summed E-state index contributed by atoms with van der Waals surface area (Å²) < 4.78 is 51.0. The van der Waals surface area contributed by atoms with Gasteiger partial charge >= 0.3 is 5.97 Å². The molecule has 0 radical (unpaired) electrons. The van der Waals surface area contributed by atoms with Crippen LogP contribution in [0, 0.1) is 18.6 Å². The summed E-state index contributed by atoms with van der Waals surface area (Å²) >= 11 is 0. The topological polar surface area (TPSA) is 67.5 Å². The number of halogens is 2. The standard InChI is InChI=1S/C34H35F2N3O4/c1-4-42-34(40)33-25(10-8-18-43-29-11-7-9-22-19-23(35)12-13-24(22)29)26-14-15-27(36)31-30-21(2)38(3)37-28(30)20-41-17-6-5-16-39(33)32(26)31/h7,9,11-15,19H,4-6,8,10,16-18,20H2,1-3H3. The van der Waals surface area contributed by atoms with Crippen LogP contribution in [0.25, 0.3) is 32.8 Å². The van der Waals surface area contributed by atoms with Crippen LogP contribution in [-0.4, -0.2) is 40.1 Å². The maximum atomic E-state index is 15.9. The van der Waals surface area contributed by atoms with Crippen molar-refractivity contribution in [3.05, 3.63) is 82.8 Å². The quantitative estimate of drug-likeness (QED) is 0.148. The maximum absolute atomic E-state index is 15.9. The van der Waals surface area contributed by atoms with Gasteiger partial charge in [0, 0.05) is 47.8 Å². The van der Waals surface area contributed by atoms with Crippen LogP contribution < -0.4 is 4.74 Å². The molecule has 0 unspecified atom stereocenters. The van der Waals surface area contributed by atoms with Gasteiger partial charge in [-0.1, -0.05) is 12.1 Å². The molecule has 1 aliphatic heterocycles. The van der Waals surface area contributed by atoms with Crippen LogP contribution in [-0.2, 0) is 36.1 Å². The van der Waals surface area contributed by atoms with Crippen LogP contribution in [0.4, 0.5) is 8.78 Å². The average molecular weight is 588 g/mol. The zero-order valence-electron chi connectivity index (χ0n) is 24.7. The molecule has 0 fully saturated rings. The number of carbonyl (C=O) groups is 1. The van der Waals surface area contributed by atoms with E-state index in [0.29, 0.717) is 66.4 Å². The molecule has 0 aliphatic carbocycles. The van der Waals surface area contributed by atoms with Crippen molar-refractivity contribution in [1.29, 1.82) is 0 Å². The van der Waals surface area contributed by atoms with E-state index in [0.717, 1.165) is 40.3 Å². The third kappa shape index (κ3) is 5.38. The molecule has 0 bridgehead atoms. The zero-order chi connectivity index (χ0) is 30.1. The van der Waals surface area contributed by atoms with Gasteiger partial charge in [-0.05, 0) is 86.9 Å². The van der Waals surface area contributed by atoms with Gasteiger partial charge < -0.3 is 18.8 Å². The van der Waals surface area contributed by atoms with Crippen LogP contribution in [0.3, 0.4) is 0 Å². The summed E-state index contributed by atoms with van der Waals surface area (Å²) in [7, 11) is 1.84. The molecule has 0 atom stereocenters. The number of hydrogen-bond acceptors (Lipinski definition) is 5. The molecule has 6 rings (SSSR count). The molecule has 0 saturated carbocycles. The van der Waals surface area contributed by atoms with Crippen molar-refractivity contribution in [1.82, 2.24) is 14.3 Å². The third-order valence-corrected chi connectivity index (χ3v) is 8.19. The minimum Gasteiger partial charge on any atom is -0.493 e. The number of esters is 1. The van der Waals surface area contributed by atoms with Gasteiger partial charge in [-0.25, -0.2) is 13.6 Å². The van der Waals surface area contributed by atoms with Gasteiger partial charge in [-0.15, -0.1) is 0 Å². The Labute approximate surface area is 249 Å². The lowest BCUT2D eigenvalue weighted by Gasteiger charge is -2.14. The summed E-state index contributed by atoms with van der Waals surface area (Å²) in [5, 5.41) is 7.07. The summed E-state index contributed by atoms with van der Waals surface area (Å²) in [6, 6.07) is 13.4. The number of nitrogens with zero attached hydrogens (tertiary/aromatic N) is 3. The van der Waals surface area contributed by atoms with Gasteiger partial charge in [-0.3, -0.25) is 4.68 Å². The van der Waals surface area contributed by atoms with Gasteiger partial charge in [0.25, 0.3) is 0 Å². The van der Waals surface area contributed by atoms with Crippen molar-refractivity contribution < 1.29 is 27.8 Å². The Morgan fingerprint density at radius 3 is 2.74 bits per heavy atom. The molecule has 224 valence electrons. The molecule has 3 aromatic carbocycles. The van der Waals surface area contributed by atoms with E-state index in [2.05, 4.69) is 5.10 Å². The number of benzene rings is 3. The highest BCUT2D eigenvalue weighted by molar-refractivity contribution is 6.05. The van der Waals surface area contributed by atoms with Gasteiger partial charge in [0.15, 0.2) is 0 Å². The van der Waals surface area contributed by atoms with Crippen molar-refractivity contribution in [2.75, 3.05) is 19.8 Å². The van der Waals surface area contributed by atoms with Gasteiger partial charge in [0.2, 0.25) is 0 Å². The van der Waals surface area contributed by atoms with Crippen LogP contribution >= 0.6 is 0 Å². The van der Waals surface area contributed by atoms with Crippen LogP contribution in [0.5, 0.6) is 5.75 Å². The highest BCUT2D eigenvalue weighted by atomic mass is 19.1. The van der Waals surface area contributed by atoms with Crippen molar-refractivity contribution in [2.45, 2.75) is 52.7 Å². The molecular formula is C34H35F2N3O4. The summed E-state index contributed by atoms with van der Waals surface area (Å²) in [6.07, 6.45) is 2.65. The van der Waals surface area contributed by atoms with Gasteiger partial charge in [0.1, 0.15) is 23.1 Å². The van der Waals surface area contributed by atoms with E-state index in [9.17, 15) is 9.18 Å². The fourth-order valence-electron chi connectivity index (χ4n) is 6.17. The molecule has 0 amide bonds. The molecule has 0 spiro atoms. The first-order valence-corrected chi connectivity index (χ1v) is 14.8. The van der Waals surface area contributed by atoms with Crippen LogP contribution in [0.1, 0.15) is 53.6 Å². The molecular weight excluding hydrogens is 552 g/mol. The second kappa shape index (κ2) is 12.2. The minimum absolute atomic E-state index is 0.228. The molecule has 43 heavy (non-hydrogen) atoms. The molecule has 1 aliphatic rings. The monoisotopic (exact) mass is 587 g/mol. The lowest BCUT2D eigenvalue weighted by molar-refractivity contribution is 0.0512. The Morgan fingerprint density at radius 1 is 1.07 bits per heavy atom. The first kappa shape index (κ1) is 28.9. The molecule has 0 saturated heterocycles. The van der Waals surface area contributed by atoms with E-state index in [1.54, 1.807) is 23.7 Å². The highest BCUT2D eigenvalue weighted by Gasteiger charge is 2.29. The number of aromatic nitrogens is 3. The van der Waals surface area contributed by atoms with E-state index in [1.165, 1.54) is 18.2 Å². The second-order valence-corrected chi connectivity index (χ2v) is 10.9. The van der Waals surface area contributed by atoms with Gasteiger partial charge in [0.05, 0.1) is 31.0 Å². The first-order chi connectivity index (χ1) is 20.9. The average Bonchev–Trinajstić information content (AvgIpc) is 3.44. The van der Waals surface area contributed by atoms with E-state index in [4.69, 9.17) is 14.2 Å². The molecule has 7 nitrogen and oxygen atoms in total. The van der Waals surface area contributed by atoms with Crippen molar-refractivity contribution in [3.8, 4) is 16.9 Å². The Bertz CT molecular complexity index is 1820. The van der Waals surface area contributed by atoms with E-state index < -0.39 is 5.97 Å². The Hall–Kier alpha value is -4.24. The normalized spacial score (nSPS) is 13.6. The van der Waals surface area contributed by atoms with E-state index >= 15 is 4.39 Å². The lowest BCUT2D eigenvalue weighted by Crippen LogP contribution is -2.15. The number of hydrogen-bond donors (Lipinski definition) is 0. The van der Waals surface area contributed by atoms with Crippen LogP contribution in [0.15, 0.2) is 48.5 Å². The number of aryl methyl sites for hydroxylation is 3. The van der Waals surface area contributed by atoms with Crippen molar-refractivity contribution >= 4 is 27.6 Å². The zero-order valence-corrected chi connectivity index (χ0v) is 24.7. The van der Waals surface area contributed by atoms with Crippen molar-refractivity contribution in [2.24, 2.45) is 7.05 Å². The number of rotatable bonds is 7. The fraction of sp³-hybridized carbons (Fsp3) is 0.353. The minimum atomic E-state index is -0.425. The van der Waals surface area contributed by atoms with E-state index in [-0.39, 0.29) is 24.8 Å². The third-order valence-electron chi connectivity index (χ3n) is 8.19. The van der Waals surface area contributed by atoms with Crippen molar-refractivity contribution in [3.63, 3.8) is 0 Å². The second-order valence-electron chi connectivity index (χ2n) is 10.9. The molecule has 9 heteroatoms. The molecule has 2 aromatic heterocycles. The summed E-state index contributed by atoms with van der Waals surface area (Å²) in [4.78, 5) is 13.6. The summed E-state index contributed by atoms with van der Waals surface area (Å²) in [5.41, 5.74) is 4.56.